The van der Waals surface area contributed by atoms with Crippen molar-refractivity contribution in [2.75, 3.05) is 19.6 Å². The van der Waals surface area contributed by atoms with Gasteiger partial charge >= 0.3 is 0 Å². The van der Waals surface area contributed by atoms with Crippen molar-refractivity contribution in [3.63, 3.8) is 0 Å². The number of carbonyl (C=O) groups is 1. The lowest BCUT2D eigenvalue weighted by Gasteiger charge is -2.35. The van der Waals surface area contributed by atoms with Crippen LogP contribution in [0.25, 0.3) is 0 Å². The van der Waals surface area contributed by atoms with E-state index in [4.69, 9.17) is 5.10 Å². The molecule has 0 radical (unpaired) electrons. The third kappa shape index (κ3) is 3.77. The summed E-state index contributed by atoms with van der Waals surface area (Å²) in [6.45, 7) is 7.05. The zero-order chi connectivity index (χ0) is 18.1. The maximum absolute atomic E-state index is 13.1. The molecule has 3 atom stereocenters. The van der Waals surface area contributed by atoms with Crippen LogP contribution in [0.2, 0.25) is 0 Å². The van der Waals surface area contributed by atoms with Crippen LogP contribution in [-0.2, 0) is 4.79 Å². The van der Waals surface area contributed by atoms with E-state index in [1.54, 1.807) is 27.7 Å². The van der Waals surface area contributed by atoms with Crippen LogP contribution in [0.1, 0.15) is 42.5 Å². The first-order valence-electron chi connectivity index (χ1n) is 9.29. The predicted octanol–water partition coefficient (Wildman–Crippen LogP) is 4.47. The topological polar surface area (TPSA) is 35.9 Å². The summed E-state index contributed by atoms with van der Waals surface area (Å²) < 4.78 is 0. The average molecular weight is 388 g/mol. The third-order valence-corrected chi connectivity index (χ3v) is 7.04. The van der Waals surface area contributed by atoms with Crippen molar-refractivity contribution in [1.29, 1.82) is 0 Å². The lowest BCUT2D eigenvalue weighted by Crippen LogP contribution is -2.44. The molecule has 2 aromatic rings. The molecule has 0 saturated carbocycles. The Labute approximate surface area is 163 Å². The van der Waals surface area contributed by atoms with Gasteiger partial charge in [0.2, 0.25) is 0 Å². The number of likely N-dealkylation sites (tertiary alicyclic amines) is 1. The van der Waals surface area contributed by atoms with E-state index in [0.29, 0.717) is 18.4 Å². The van der Waals surface area contributed by atoms with Crippen LogP contribution in [0.5, 0.6) is 0 Å². The minimum Gasteiger partial charge on any atom is -0.294 e. The number of amides is 1. The molecule has 2 aliphatic heterocycles. The van der Waals surface area contributed by atoms with Crippen molar-refractivity contribution in [2.45, 2.75) is 32.7 Å². The maximum Gasteiger partial charge on any atom is 0.257 e. The third-order valence-electron chi connectivity index (χ3n) is 5.15. The van der Waals surface area contributed by atoms with Crippen molar-refractivity contribution < 1.29 is 4.79 Å². The quantitative estimate of drug-likeness (QED) is 0.776. The number of hydrogen-bond acceptors (Lipinski definition) is 5. The highest BCUT2D eigenvalue weighted by molar-refractivity contribution is 7.12. The summed E-state index contributed by atoms with van der Waals surface area (Å²) in [5, 5.41) is 10.7. The molecule has 6 heteroatoms. The van der Waals surface area contributed by atoms with Gasteiger partial charge in [0, 0.05) is 24.4 Å². The van der Waals surface area contributed by atoms with Crippen molar-refractivity contribution in [1.82, 2.24) is 9.91 Å². The van der Waals surface area contributed by atoms with Gasteiger partial charge in [-0.25, -0.2) is 5.01 Å². The van der Waals surface area contributed by atoms with E-state index in [-0.39, 0.29) is 11.9 Å². The lowest BCUT2D eigenvalue weighted by molar-refractivity contribution is -0.134. The SMILES string of the molecule is CC1CC(C)CN(CC(=O)N2N=C(c3cccs3)CC2c2cccs2)C1. The second-order valence-corrected chi connectivity index (χ2v) is 9.56. The molecule has 1 fully saturated rings. The monoisotopic (exact) mass is 387 g/mol. The van der Waals surface area contributed by atoms with Crippen molar-refractivity contribution in [3.05, 3.63) is 44.8 Å². The standard InChI is InChI=1S/C20H25N3OS2/c1-14-9-15(2)12-22(11-14)13-20(24)23-17(19-6-4-8-26-19)10-16(21-23)18-5-3-7-25-18/h3-8,14-15,17H,9-13H2,1-2H3. The Morgan fingerprint density at radius 3 is 2.54 bits per heavy atom. The van der Waals surface area contributed by atoms with Crippen LogP contribution in [-0.4, -0.2) is 41.2 Å². The molecular weight excluding hydrogens is 362 g/mol. The zero-order valence-corrected chi connectivity index (χ0v) is 16.9. The number of nitrogens with zero attached hydrogens (tertiary/aromatic N) is 3. The molecule has 0 bridgehead atoms. The van der Waals surface area contributed by atoms with Crippen molar-refractivity contribution in [2.24, 2.45) is 16.9 Å². The second-order valence-electron chi connectivity index (χ2n) is 7.64. The van der Waals surface area contributed by atoms with Crippen LogP contribution in [0.4, 0.5) is 0 Å². The molecule has 138 valence electrons. The molecule has 0 aliphatic carbocycles. The van der Waals surface area contributed by atoms with Gasteiger partial charge in [0.25, 0.3) is 5.91 Å². The van der Waals surface area contributed by atoms with Crippen LogP contribution in [0.15, 0.2) is 40.1 Å². The molecule has 26 heavy (non-hydrogen) atoms. The molecule has 2 aliphatic rings. The van der Waals surface area contributed by atoms with E-state index >= 15 is 0 Å². The Kier molecular flexibility index (Phi) is 5.25. The first kappa shape index (κ1) is 17.9. The van der Waals surface area contributed by atoms with E-state index < -0.39 is 0 Å². The zero-order valence-electron chi connectivity index (χ0n) is 15.3. The Hall–Kier alpha value is -1.50. The van der Waals surface area contributed by atoms with Gasteiger partial charge in [-0.2, -0.15) is 5.10 Å². The second kappa shape index (κ2) is 7.62. The van der Waals surface area contributed by atoms with Gasteiger partial charge in [0.05, 0.1) is 23.2 Å². The van der Waals surface area contributed by atoms with Crippen molar-refractivity contribution >= 4 is 34.3 Å². The molecule has 3 unspecified atom stereocenters. The Morgan fingerprint density at radius 2 is 1.88 bits per heavy atom. The fourth-order valence-corrected chi connectivity index (χ4v) is 5.75. The van der Waals surface area contributed by atoms with Crippen LogP contribution in [0.3, 0.4) is 0 Å². The van der Waals surface area contributed by atoms with E-state index in [1.165, 1.54) is 16.2 Å². The number of hydrazone groups is 1. The first-order chi connectivity index (χ1) is 12.6. The maximum atomic E-state index is 13.1. The number of hydrogen-bond donors (Lipinski definition) is 0. The molecule has 4 nitrogen and oxygen atoms in total. The van der Waals surface area contributed by atoms with Gasteiger partial charge in [0.15, 0.2) is 0 Å². The summed E-state index contributed by atoms with van der Waals surface area (Å²) in [6, 6.07) is 8.35. The first-order valence-corrected chi connectivity index (χ1v) is 11.0. The van der Waals surface area contributed by atoms with E-state index in [0.717, 1.165) is 25.2 Å². The van der Waals surface area contributed by atoms with Crippen LogP contribution >= 0.6 is 22.7 Å². The summed E-state index contributed by atoms with van der Waals surface area (Å²) in [7, 11) is 0. The number of rotatable bonds is 4. The molecule has 4 heterocycles. The Balaban J connectivity index is 1.53. The summed E-state index contributed by atoms with van der Waals surface area (Å²) >= 11 is 3.40. The average Bonchev–Trinajstić information content (AvgIpc) is 3.33. The molecular formula is C20H25N3OS2. The van der Waals surface area contributed by atoms with E-state index in [1.807, 2.05) is 6.07 Å². The molecule has 1 saturated heterocycles. The molecule has 1 amide bonds. The summed E-state index contributed by atoms with van der Waals surface area (Å²) in [4.78, 5) is 17.8. The van der Waals surface area contributed by atoms with Crippen LogP contribution in [0, 0.1) is 11.8 Å². The summed E-state index contributed by atoms with van der Waals surface area (Å²) in [6.07, 6.45) is 2.06. The fourth-order valence-electron chi connectivity index (χ4n) is 4.22. The summed E-state index contributed by atoms with van der Waals surface area (Å²) in [5.74, 6) is 1.43. The highest BCUT2D eigenvalue weighted by Crippen LogP contribution is 2.36. The van der Waals surface area contributed by atoms with Gasteiger partial charge in [-0.3, -0.25) is 9.69 Å². The molecule has 0 N–H and O–H groups in total. The largest absolute Gasteiger partial charge is 0.294 e. The van der Waals surface area contributed by atoms with E-state index in [9.17, 15) is 4.79 Å². The van der Waals surface area contributed by atoms with Gasteiger partial charge in [-0.1, -0.05) is 26.0 Å². The fraction of sp³-hybridized carbons (Fsp3) is 0.500. The Morgan fingerprint density at radius 1 is 1.15 bits per heavy atom. The van der Waals surface area contributed by atoms with Gasteiger partial charge in [-0.05, 0) is 41.1 Å². The Bertz CT molecular complexity index is 759. The molecule has 0 aromatic carbocycles. The van der Waals surface area contributed by atoms with Gasteiger partial charge < -0.3 is 0 Å². The highest BCUT2D eigenvalue weighted by Gasteiger charge is 2.35. The molecule has 0 spiro atoms. The van der Waals surface area contributed by atoms with Gasteiger partial charge in [-0.15, -0.1) is 22.7 Å². The number of carbonyl (C=O) groups excluding carboxylic acids is 1. The minimum atomic E-state index is 0.0410. The smallest absolute Gasteiger partial charge is 0.257 e. The molecule has 2 aromatic heterocycles. The van der Waals surface area contributed by atoms with Crippen molar-refractivity contribution in [3.8, 4) is 0 Å². The normalized spacial score (nSPS) is 26.9. The lowest BCUT2D eigenvalue weighted by atomic mass is 9.92. The number of piperidine rings is 1. The highest BCUT2D eigenvalue weighted by atomic mass is 32.1. The van der Waals surface area contributed by atoms with E-state index in [2.05, 4.69) is 47.7 Å². The minimum absolute atomic E-state index is 0.0410. The van der Waals surface area contributed by atoms with Crippen LogP contribution < -0.4 is 0 Å². The van der Waals surface area contributed by atoms with Gasteiger partial charge in [0.1, 0.15) is 0 Å². The number of thiophene rings is 2. The summed E-state index contributed by atoms with van der Waals surface area (Å²) in [5.41, 5.74) is 1.03. The molecule has 4 rings (SSSR count). The predicted molar refractivity (Wildman–Crippen MR) is 109 cm³/mol.